The zero-order chi connectivity index (χ0) is 22.9. The lowest BCUT2D eigenvalue weighted by molar-refractivity contribution is 0.0818. The van der Waals surface area contributed by atoms with Gasteiger partial charge in [0.1, 0.15) is 12.4 Å². The number of ether oxygens (including phenoxy) is 2. The monoisotopic (exact) mass is 451 g/mol. The highest BCUT2D eigenvalue weighted by molar-refractivity contribution is 5.74. The smallest absolute Gasteiger partial charge is 0.315 e. The number of urea groups is 1. The maximum Gasteiger partial charge on any atom is 0.315 e. The molecule has 6 nitrogen and oxygen atoms in total. The van der Waals surface area contributed by atoms with Gasteiger partial charge in [0.15, 0.2) is 11.6 Å². The molecule has 0 aliphatic carbocycles. The van der Waals surface area contributed by atoms with Crippen molar-refractivity contribution < 1.29 is 27.4 Å². The lowest BCUT2D eigenvalue weighted by Crippen LogP contribution is -2.47. The quantitative estimate of drug-likeness (QED) is 0.606. The van der Waals surface area contributed by atoms with Crippen molar-refractivity contribution >= 4 is 6.03 Å². The predicted octanol–water partition coefficient (Wildman–Crippen LogP) is 3.94. The number of methoxy groups -OCH3 is 1. The van der Waals surface area contributed by atoms with E-state index in [1.165, 1.54) is 13.2 Å². The predicted molar refractivity (Wildman–Crippen MR) is 115 cm³/mol. The first-order valence-corrected chi connectivity index (χ1v) is 10.5. The van der Waals surface area contributed by atoms with Crippen molar-refractivity contribution in [1.82, 2.24) is 15.5 Å². The molecule has 0 aromatic heterocycles. The number of piperidine rings is 1. The lowest BCUT2D eigenvalue weighted by Gasteiger charge is -2.32. The zero-order valence-electron chi connectivity index (χ0n) is 18.0. The van der Waals surface area contributed by atoms with Crippen LogP contribution in [-0.2, 0) is 13.1 Å². The maximum absolute atomic E-state index is 13.9. The minimum atomic E-state index is -2.54. The van der Waals surface area contributed by atoms with Crippen LogP contribution in [0.5, 0.6) is 11.5 Å². The molecule has 2 aromatic carbocycles. The van der Waals surface area contributed by atoms with Crippen LogP contribution in [0, 0.1) is 5.82 Å². The zero-order valence-corrected chi connectivity index (χ0v) is 18.0. The van der Waals surface area contributed by atoms with Gasteiger partial charge in [-0.25, -0.2) is 18.0 Å². The second-order valence-corrected chi connectivity index (χ2v) is 7.70. The van der Waals surface area contributed by atoms with Gasteiger partial charge in [0, 0.05) is 32.2 Å². The van der Waals surface area contributed by atoms with Crippen molar-refractivity contribution in [3.8, 4) is 11.5 Å². The van der Waals surface area contributed by atoms with Crippen LogP contribution >= 0.6 is 0 Å². The van der Waals surface area contributed by atoms with Crippen LogP contribution in [0.4, 0.5) is 18.0 Å². The van der Waals surface area contributed by atoms with Crippen LogP contribution in [0.3, 0.4) is 0 Å². The van der Waals surface area contributed by atoms with Gasteiger partial charge in [-0.15, -0.1) is 0 Å². The summed E-state index contributed by atoms with van der Waals surface area (Å²) >= 11 is 0. The third-order valence-electron chi connectivity index (χ3n) is 5.27. The number of nitrogens with zero attached hydrogens (tertiary/aromatic N) is 1. The van der Waals surface area contributed by atoms with E-state index in [0.29, 0.717) is 12.3 Å². The summed E-state index contributed by atoms with van der Waals surface area (Å²) in [6, 6.07) is 11.5. The van der Waals surface area contributed by atoms with Crippen molar-refractivity contribution in [1.29, 1.82) is 0 Å². The van der Waals surface area contributed by atoms with Crippen molar-refractivity contribution in [3.63, 3.8) is 0 Å². The summed E-state index contributed by atoms with van der Waals surface area (Å²) in [6.45, 7) is 1.83. The van der Waals surface area contributed by atoms with E-state index in [1.54, 1.807) is 30.3 Å². The fourth-order valence-electron chi connectivity index (χ4n) is 3.63. The van der Waals surface area contributed by atoms with Gasteiger partial charge in [0.25, 0.3) is 6.43 Å². The molecule has 1 fully saturated rings. The van der Waals surface area contributed by atoms with Crippen molar-refractivity contribution in [2.24, 2.45) is 0 Å². The maximum atomic E-state index is 13.9. The number of carbonyl (C=O) groups is 1. The fraction of sp³-hybridized carbons (Fsp3) is 0.435. The first-order valence-electron chi connectivity index (χ1n) is 10.5. The third-order valence-corrected chi connectivity index (χ3v) is 5.27. The van der Waals surface area contributed by atoms with Crippen molar-refractivity contribution in [3.05, 3.63) is 59.4 Å². The second-order valence-electron chi connectivity index (χ2n) is 7.70. The largest absolute Gasteiger partial charge is 0.494 e. The molecule has 2 N–H and O–H groups in total. The number of hydrogen-bond acceptors (Lipinski definition) is 4. The van der Waals surface area contributed by atoms with E-state index in [0.717, 1.165) is 37.1 Å². The Morgan fingerprint density at radius 3 is 2.62 bits per heavy atom. The Morgan fingerprint density at radius 1 is 1.16 bits per heavy atom. The molecule has 1 aliphatic rings. The first-order chi connectivity index (χ1) is 15.4. The average Bonchev–Trinajstić information content (AvgIpc) is 2.78. The van der Waals surface area contributed by atoms with Gasteiger partial charge < -0.3 is 20.1 Å². The number of nitrogens with one attached hydrogen (secondary N) is 2. The minimum Gasteiger partial charge on any atom is -0.494 e. The number of likely N-dealkylation sites (tertiary alicyclic amines) is 1. The van der Waals surface area contributed by atoms with Gasteiger partial charge in [0.2, 0.25) is 0 Å². The lowest BCUT2D eigenvalue weighted by atomic mass is 10.0. The van der Waals surface area contributed by atoms with E-state index < -0.39 is 13.0 Å². The average molecular weight is 451 g/mol. The molecule has 9 heteroatoms. The van der Waals surface area contributed by atoms with Gasteiger partial charge >= 0.3 is 6.03 Å². The van der Waals surface area contributed by atoms with Gasteiger partial charge in [-0.2, -0.15) is 0 Å². The molecule has 2 aromatic rings. The minimum absolute atomic E-state index is 0.0552. The Hall–Kier alpha value is -2.94. The Kier molecular flexibility index (Phi) is 8.61. The van der Waals surface area contributed by atoms with E-state index >= 15 is 0 Å². The van der Waals surface area contributed by atoms with Gasteiger partial charge in [-0.3, -0.25) is 4.90 Å². The van der Waals surface area contributed by atoms with E-state index in [9.17, 15) is 18.0 Å². The number of rotatable bonds is 9. The summed E-state index contributed by atoms with van der Waals surface area (Å²) in [4.78, 5) is 14.5. The SMILES string of the molecule is COc1ccc(CN2CCC(NC(=O)NCc3cccc(OCC(F)F)c3)CC2)cc1F. The highest BCUT2D eigenvalue weighted by atomic mass is 19.3. The molecule has 0 bridgehead atoms. The van der Waals surface area contributed by atoms with Gasteiger partial charge in [-0.1, -0.05) is 18.2 Å². The fourth-order valence-corrected chi connectivity index (χ4v) is 3.63. The molecule has 32 heavy (non-hydrogen) atoms. The topological polar surface area (TPSA) is 62.8 Å². The second kappa shape index (κ2) is 11.6. The molecular formula is C23H28F3N3O3. The standard InChI is InChI=1S/C23H28F3N3O3/c1-31-21-6-5-17(12-20(21)24)14-29-9-7-18(8-10-29)28-23(30)27-13-16-3-2-4-19(11-16)32-15-22(25)26/h2-6,11-12,18,22H,7-10,13-15H2,1H3,(H2,27,28,30). The first kappa shape index (κ1) is 23.7. The molecule has 1 saturated heterocycles. The summed E-state index contributed by atoms with van der Waals surface area (Å²) in [6.07, 6.45) is -0.946. The summed E-state index contributed by atoms with van der Waals surface area (Å²) in [7, 11) is 1.44. The summed E-state index contributed by atoms with van der Waals surface area (Å²) < 4.78 is 48.3. The van der Waals surface area contributed by atoms with Crippen LogP contribution in [-0.4, -0.2) is 50.2 Å². The molecule has 0 saturated carbocycles. The molecule has 3 rings (SSSR count). The highest BCUT2D eigenvalue weighted by Gasteiger charge is 2.21. The van der Waals surface area contributed by atoms with Crippen molar-refractivity contribution in [2.75, 3.05) is 26.8 Å². The summed E-state index contributed by atoms with van der Waals surface area (Å²) in [5.41, 5.74) is 1.64. The Balaban J connectivity index is 1.38. The van der Waals surface area contributed by atoms with Gasteiger partial charge in [0.05, 0.1) is 7.11 Å². The van der Waals surface area contributed by atoms with Crippen LogP contribution in [0.15, 0.2) is 42.5 Å². The van der Waals surface area contributed by atoms with Gasteiger partial charge in [-0.05, 0) is 48.2 Å². The summed E-state index contributed by atoms with van der Waals surface area (Å²) in [5, 5.41) is 5.75. The Morgan fingerprint density at radius 2 is 1.94 bits per heavy atom. The number of carbonyl (C=O) groups excluding carboxylic acids is 1. The van der Waals surface area contributed by atoms with Crippen molar-refractivity contribution in [2.45, 2.75) is 38.4 Å². The summed E-state index contributed by atoms with van der Waals surface area (Å²) in [5.74, 6) is 0.202. The highest BCUT2D eigenvalue weighted by Crippen LogP contribution is 2.20. The number of hydrogen-bond donors (Lipinski definition) is 2. The third kappa shape index (κ3) is 7.33. The molecule has 2 amide bonds. The van der Waals surface area contributed by atoms with E-state index in [2.05, 4.69) is 15.5 Å². The molecule has 1 heterocycles. The number of amides is 2. The van der Waals surface area contributed by atoms with Crippen LogP contribution in [0.2, 0.25) is 0 Å². The molecule has 0 spiro atoms. The molecule has 0 radical (unpaired) electrons. The van der Waals surface area contributed by atoms with Crippen LogP contribution in [0.1, 0.15) is 24.0 Å². The number of halogens is 3. The molecule has 174 valence electrons. The Bertz CT molecular complexity index is 890. The molecular weight excluding hydrogens is 423 g/mol. The van der Waals surface area contributed by atoms with Crippen LogP contribution < -0.4 is 20.1 Å². The normalized spacial score (nSPS) is 14.9. The number of benzene rings is 2. The molecule has 0 atom stereocenters. The van der Waals surface area contributed by atoms with E-state index in [-0.39, 0.29) is 30.2 Å². The molecule has 0 unspecified atom stereocenters. The van der Waals surface area contributed by atoms with E-state index in [1.807, 2.05) is 6.07 Å². The van der Waals surface area contributed by atoms with E-state index in [4.69, 9.17) is 9.47 Å². The van der Waals surface area contributed by atoms with Crippen LogP contribution in [0.25, 0.3) is 0 Å². The Labute approximate surface area is 185 Å². The number of alkyl halides is 2. The molecule has 1 aliphatic heterocycles.